The van der Waals surface area contributed by atoms with Gasteiger partial charge in [-0.2, -0.15) is 0 Å². The number of fused-ring (bicyclic) bond motifs is 3. The van der Waals surface area contributed by atoms with Crippen LogP contribution in [0.1, 0.15) is 111 Å². The highest BCUT2D eigenvalue weighted by atomic mass is 32.2. The zero-order chi connectivity index (χ0) is 43.2. The Morgan fingerprint density at radius 1 is 0.710 bits per heavy atom. The Kier molecular flexibility index (Phi) is 11.3. The molecule has 0 amide bonds. The van der Waals surface area contributed by atoms with E-state index in [1.165, 1.54) is 0 Å². The highest BCUT2D eigenvalue weighted by Crippen LogP contribution is 2.38. The van der Waals surface area contributed by atoms with E-state index in [4.69, 9.17) is 20.0 Å². The number of benzene rings is 4. The molecule has 0 radical (unpaired) electrons. The highest BCUT2D eigenvalue weighted by Gasteiger charge is 2.33. The quantitative estimate of drug-likeness (QED) is 0.0969. The van der Waals surface area contributed by atoms with E-state index in [-0.39, 0.29) is 33.4 Å². The van der Waals surface area contributed by atoms with Crippen molar-refractivity contribution in [1.82, 2.24) is 19.7 Å². The van der Waals surface area contributed by atoms with Gasteiger partial charge in [-0.1, -0.05) is 124 Å². The van der Waals surface area contributed by atoms with Gasteiger partial charge in [0.15, 0.2) is 5.84 Å². The molecule has 2 aliphatic carbocycles. The minimum absolute atomic E-state index is 0.0380. The fraction of sp³-hybridized carbons (Fsp3) is 0.292. The summed E-state index contributed by atoms with van der Waals surface area (Å²) in [5, 5.41) is 4.82. The Morgan fingerprint density at radius 3 is 1.95 bits per heavy atom. The van der Waals surface area contributed by atoms with Crippen molar-refractivity contribution in [3.05, 3.63) is 131 Å². The van der Waals surface area contributed by atoms with Crippen LogP contribution >= 0.6 is 0 Å². The molecule has 0 saturated heterocycles. The summed E-state index contributed by atoms with van der Waals surface area (Å²) >= 11 is 0. The van der Waals surface area contributed by atoms with Crippen molar-refractivity contribution in [2.75, 3.05) is 0 Å². The Hall–Kier alpha value is -5.80. The largest absolute Gasteiger partial charge is 0.340 e. The molecule has 2 saturated carbocycles. The van der Waals surface area contributed by atoms with Crippen molar-refractivity contribution in [2.45, 2.75) is 99.9 Å². The second kappa shape index (κ2) is 16.8. The van der Waals surface area contributed by atoms with Gasteiger partial charge in [-0.15, -0.1) is 0 Å². The van der Waals surface area contributed by atoms with Crippen LogP contribution in [0.4, 0.5) is 11.6 Å². The summed E-state index contributed by atoms with van der Waals surface area (Å²) in [5.41, 5.74) is 5.66. The van der Waals surface area contributed by atoms with Gasteiger partial charge in [0, 0.05) is 73.4 Å². The van der Waals surface area contributed by atoms with Crippen LogP contribution in [0.3, 0.4) is 0 Å². The number of hydrogen-bond donors (Lipinski definition) is 4. The number of amidine groups is 2. The lowest BCUT2D eigenvalue weighted by molar-refractivity contribution is 0.412. The van der Waals surface area contributed by atoms with Crippen LogP contribution in [-0.2, 0) is 20.0 Å². The van der Waals surface area contributed by atoms with Crippen LogP contribution in [0.15, 0.2) is 128 Å². The molecule has 9 rings (SSSR count). The van der Waals surface area contributed by atoms with E-state index in [0.29, 0.717) is 51.1 Å². The fourth-order valence-electron chi connectivity index (χ4n) is 9.18. The molecule has 3 heterocycles. The van der Waals surface area contributed by atoms with Gasteiger partial charge >= 0.3 is 0 Å². The van der Waals surface area contributed by atoms with Crippen molar-refractivity contribution in [1.29, 1.82) is 0 Å². The third kappa shape index (κ3) is 8.03. The molecular formula is C48H50N8O4S2. The molecule has 2 aliphatic heterocycles. The number of aliphatic imine (C=N–C) groups is 4. The van der Waals surface area contributed by atoms with Gasteiger partial charge in [-0.05, 0) is 51.7 Å². The smallest absolute Gasteiger partial charge is 0.241 e. The molecule has 318 valence electrons. The number of aromatic nitrogens is 1. The summed E-state index contributed by atoms with van der Waals surface area (Å²) in [6, 6.07) is 25.5. The van der Waals surface area contributed by atoms with E-state index >= 15 is 0 Å². The van der Waals surface area contributed by atoms with Crippen LogP contribution in [0, 0.1) is 0 Å². The predicted molar refractivity (Wildman–Crippen MR) is 250 cm³/mol. The van der Waals surface area contributed by atoms with Gasteiger partial charge in [-0.25, -0.2) is 46.2 Å². The molecular weight excluding hydrogens is 817 g/mol. The molecule has 4 N–H and O–H groups in total. The van der Waals surface area contributed by atoms with E-state index in [0.717, 1.165) is 91.8 Å². The summed E-state index contributed by atoms with van der Waals surface area (Å²) in [4.78, 5) is 23.3. The zero-order valence-electron chi connectivity index (χ0n) is 35.0. The molecule has 14 heteroatoms. The lowest BCUT2D eigenvalue weighted by Crippen LogP contribution is -2.37. The van der Waals surface area contributed by atoms with Crippen molar-refractivity contribution >= 4 is 76.9 Å². The molecule has 0 atom stereocenters. The SMILES string of the molecule is C=C(N=C1NC(=C)c2cccc(S(=O)(=O)NC3CCCCC3)c21)c1cccc(S(=O)(=O)NC2CCCCC2)c1C(C)=Nc1[nH]c(N=C2N=C(C)c3ccccc32)c2ccccc12. The normalized spacial score (nSPS) is 18.9. The second-order valence-electron chi connectivity index (χ2n) is 16.5. The predicted octanol–water partition coefficient (Wildman–Crippen LogP) is 9.42. The number of hydrogen-bond acceptors (Lipinski definition) is 7. The first-order chi connectivity index (χ1) is 29.9. The lowest BCUT2D eigenvalue weighted by atomic mass is 9.96. The number of rotatable bonds is 11. The van der Waals surface area contributed by atoms with E-state index in [9.17, 15) is 16.8 Å². The average molecular weight is 867 g/mol. The van der Waals surface area contributed by atoms with Crippen molar-refractivity contribution in [2.24, 2.45) is 20.0 Å². The van der Waals surface area contributed by atoms with Gasteiger partial charge in [-0.3, -0.25) is 0 Å². The third-order valence-electron chi connectivity index (χ3n) is 12.2. The number of aromatic amines is 1. The maximum Gasteiger partial charge on any atom is 0.241 e. The Morgan fingerprint density at radius 2 is 1.27 bits per heavy atom. The average Bonchev–Trinajstić information content (AvgIpc) is 3.90. The molecule has 1 aromatic heterocycles. The summed E-state index contributed by atoms with van der Waals surface area (Å²) in [7, 11) is -8.03. The molecule has 0 spiro atoms. The lowest BCUT2D eigenvalue weighted by Gasteiger charge is -2.24. The van der Waals surface area contributed by atoms with Gasteiger partial charge in [0.2, 0.25) is 20.0 Å². The number of nitrogens with one attached hydrogen (secondary N) is 4. The topological polar surface area (TPSA) is 170 Å². The van der Waals surface area contributed by atoms with Crippen LogP contribution < -0.4 is 14.8 Å². The number of nitrogens with zero attached hydrogens (tertiary/aromatic N) is 4. The van der Waals surface area contributed by atoms with Gasteiger partial charge in [0.05, 0.1) is 15.5 Å². The highest BCUT2D eigenvalue weighted by molar-refractivity contribution is 7.90. The number of H-pyrrole nitrogens is 1. The summed E-state index contributed by atoms with van der Waals surface area (Å²) in [5.74, 6) is 1.90. The molecule has 5 aromatic rings. The molecule has 0 bridgehead atoms. The van der Waals surface area contributed by atoms with Crippen LogP contribution in [-0.4, -0.2) is 57.0 Å². The summed E-state index contributed by atoms with van der Waals surface area (Å²) in [6.45, 7) is 12.3. The zero-order valence-corrected chi connectivity index (χ0v) is 36.6. The van der Waals surface area contributed by atoms with Crippen LogP contribution in [0.2, 0.25) is 0 Å². The van der Waals surface area contributed by atoms with E-state index in [2.05, 4.69) is 32.9 Å². The molecule has 0 unspecified atom stereocenters. The van der Waals surface area contributed by atoms with Gasteiger partial charge < -0.3 is 10.3 Å². The first-order valence-corrected chi connectivity index (χ1v) is 24.3. The molecule has 12 nitrogen and oxygen atoms in total. The van der Waals surface area contributed by atoms with Gasteiger partial charge in [0.1, 0.15) is 17.5 Å². The van der Waals surface area contributed by atoms with Crippen LogP contribution in [0.25, 0.3) is 22.2 Å². The Bertz CT molecular complexity index is 3000. The van der Waals surface area contributed by atoms with E-state index < -0.39 is 20.0 Å². The van der Waals surface area contributed by atoms with Crippen molar-refractivity contribution in [3.8, 4) is 0 Å². The first-order valence-electron chi connectivity index (χ1n) is 21.3. The fourth-order valence-corrected chi connectivity index (χ4v) is 12.3. The van der Waals surface area contributed by atoms with E-state index in [1.54, 1.807) is 43.3 Å². The Balaban J connectivity index is 1.15. The van der Waals surface area contributed by atoms with Gasteiger partial charge in [0.25, 0.3) is 0 Å². The maximum absolute atomic E-state index is 14.5. The number of sulfonamides is 2. The maximum atomic E-state index is 14.5. The molecule has 4 aromatic carbocycles. The van der Waals surface area contributed by atoms with Crippen LogP contribution in [0.5, 0.6) is 0 Å². The monoisotopic (exact) mass is 866 g/mol. The molecule has 62 heavy (non-hydrogen) atoms. The summed E-state index contributed by atoms with van der Waals surface area (Å²) in [6.07, 6.45) is 9.09. The van der Waals surface area contributed by atoms with Crippen molar-refractivity contribution < 1.29 is 16.8 Å². The van der Waals surface area contributed by atoms with E-state index in [1.807, 2.05) is 55.5 Å². The minimum atomic E-state index is -4.08. The standard InChI is InChI=1S/C48H50N8O4S2/c1-29-35-21-11-12-22-38(35)45(49-29)53-47-40-24-14-13-23-39(40)46(54-47)52-32(4)43-36(25-15-27-41(43)61(57,58)55-33-17-7-5-8-18-33)30(2)50-48-44-37(31(3)51-48)26-16-28-42(44)62(59,60)56-34-19-9-6-10-20-34/h11-16,21-28,33-34,54-56H,2-3,5-10,17-20H2,1,4H3,(H,50,51). The first kappa shape index (κ1) is 41.5. The summed E-state index contributed by atoms with van der Waals surface area (Å²) < 4.78 is 62.9. The third-order valence-corrected chi connectivity index (χ3v) is 15.4. The minimum Gasteiger partial charge on any atom is -0.340 e. The molecule has 2 fully saturated rings. The Labute approximate surface area is 363 Å². The van der Waals surface area contributed by atoms with Crippen molar-refractivity contribution in [3.63, 3.8) is 0 Å². The molecule has 4 aliphatic rings. The second-order valence-corrected chi connectivity index (χ2v) is 19.9.